The first-order chi connectivity index (χ1) is 6.75. The summed E-state index contributed by atoms with van der Waals surface area (Å²) in [5.74, 6) is -0.696. The van der Waals surface area contributed by atoms with Crippen LogP contribution in [0.25, 0.3) is 0 Å². The number of aromatic nitrogens is 1. The highest BCUT2D eigenvalue weighted by atomic mass is 16.5. The van der Waals surface area contributed by atoms with Crippen LogP contribution in [0.2, 0.25) is 0 Å². The maximum Gasteiger partial charge on any atom is 0.358 e. The first-order valence-corrected chi connectivity index (χ1v) is 4.49. The smallest absolute Gasteiger partial charge is 0.358 e. The van der Waals surface area contributed by atoms with Gasteiger partial charge in [0.1, 0.15) is 5.76 Å². The van der Waals surface area contributed by atoms with Gasteiger partial charge in [0.2, 0.25) is 0 Å². The van der Waals surface area contributed by atoms with Crippen LogP contribution in [0.3, 0.4) is 0 Å². The second-order valence-electron chi connectivity index (χ2n) is 2.79. The maximum atomic E-state index is 10.6. The summed E-state index contributed by atoms with van der Waals surface area (Å²) in [5.41, 5.74) is -0.0231. The van der Waals surface area contributed by atoms with E-state index in [0.717, 1.165) is 12.8 Å². The van der Waals surface area contributed by atoms with Gasteiger partial charge in [-0.1, -0.05) is 6.92 Å². The molecule has 78 valence electrons. The first kappa shape index (κ1) is 10.7. The molecule has 0 aliphatic rings. The van der Waals surface area contributed by atoms with E-state index in [2.05, 4.69) is 4.98 Å². The average Bonchev–Trinajstić information content (AvgIpc) is 2.60. The van der Waals surface area contributed by atoms with Gasteiger partial charge < -0.3 is 14.3 Å². The van der Waals surface area contributed by atoms with Gasteiger partial charge in [-0.05, 0) is 6.42 Å². The van der Waals surface area contributed by atoms with E-state index >= 15 is 0 Å². The van der Waals surface area contributed by atoms with E-state index in [4.69, 9.17) is 14.3 Å². The lowest BCUT2D eigenvalue weighted by Gasteiger charge is -1.99. The number of oxazole rings is 1. The zero-order chi connectivity index (χ0) is 10.4. The van der Waals surface area contributed by atoms with E-state index in [1.165, 1.54) is 0 Å². The summed E-state index contributed by atoms with van der Waals surface area (Å²) in [5, 5.41) is 8.69. The number of rotatable bonds is 6. The van der Waals surface area contributed by atoms with Crippen LogP contribution in [0.15, 0.2) is 10.8 Å². The fraction of sp³-hybridized carbons (Fsp3) is 0.556. The molecule has 0 aliphatic carbocycles. The molecule has 0 unspecified atom stereocenters. The molecule has 1 aromatic heterocycles. The van der Waals surface area contributed by atoms with Crippen molar-refractivity contribution < 1.29 is 19.1 Å². The Balaban J connectivity index is 2.42. The molecule has 0 atom stereocenters. The number of ether oxygens (including phenoxy) is 1. The van der Waals surface area contributed by atoms with Gasteiger partial charge in [-0.15, -0.1) is 0 Å². The molecule has 0 aliphatic heterocycles. The Morgan fingerprint density at radius 2 is 2.43 bits per heavy atom. The Hall–Kier alpha value is -1.36. The molecule has 1 aromatic rings. The Morgan fingerprint density at radius 3 is 3.07 bits per heavy atom. The van der Waals surface area contributed by atoms with Gasteiger partial charge in [0.15, 0.2) is 12.1 Å². The lowest BCUT2D eigenvalue weighted by atomic mass is 10.3. The molecule has 1 heterocycles. The lowest BCUT2D eigenvalue weighted by molar-refractivity contribution is 0.0687. The minimum absolute atomic E-state index is 0.0231. The third-order valence-electron chi connectivity index (χ3n) is 1.67. The van der Waals surface area contributed by atoms with E-state index in [0.29, 0.717) is 25.4 Å². The van der Waals surface area contributed by atoms with Crippen LogP contribution in [-0.4, -0.2) is 29.3 Å². The lowest BCUT2D eigenvalue weighted by Crippen LogP contribution is -2.05. The summed E-state index contributed by atoms with van der Waals surface area (Å²) >= 11 is 0. The van der Waals surface area contributed by atoms with Crippen molar-refractivity contribution >= 4 is 5.97 Å². The molecule has 14 heavy (non-hydrogen) atoms. The Kier molecular flexibility index (Phi) is 4.12. The Bertz CT molecular complexity index is 295. The number of carbonyl (C=O) groups is 1. The maximum absolute atomic E-state index is 10.6. The molecule has 0 radical (unpaired) electrons. The molecule has 0 spiro atoms. The van der Waals surface area contributed by atoms with Crippen molar-refractivity contribution in [1.82, 2.24) is 4.98 Å². The number of carboxylic acid groups (broad SMARTS) is 1. The fourth-order valence-electron chi connectivity index (χ4n) is 1.03. The van der Waals surface area contributed by atoms with Gasteiger partial charge in [0.05, 0.1) is 6.61 Å². The van der Waals surface area contributed by atoms with E-state index < -0.39 is 5.97 Å². The summed E-state index contributed by atoms with van der Waals surface area (Å²) in [6, 6.07) is 0. The molecule has 5 heteroatoms. The minimum Gasteiger partial charge on any atom is -0.476 e. The molecule has 0 bridgehead atoms. The van der Waals surface area contributed by atoms with Crippen LogP contribution in [0.5, 0.6) is 0 Å². The van der Waals surface area contributed by atoms with Gasteiger partial charge in [0, 0.05) is 13.0 Å². The van der Waals surface area contributed by atoms with E-state index in [-0.39, 0.29) is 5.69 Å². The van der Waals surface area contributed by atoms with Gasteiger partial charge >= 0.3 is 5.97 Å². The van der Waals surface area contributed by atoms with Crippen LogP contribution < -0.4 is 0 Å². The molecule has 5 nitrogen and oxygen atoms in total. The summed E-state index contributed by atoms with van der Waals surface area (Å²) in [6.45, 7) is 3.15. The minimum atomic E-state index is -1.07. The van der Waals surface area contributed by atoms with Crippen LogP contribution >= 0.6 is 0 Å². The predicted molar refractivity (Wildman–Crippen MR) is 48.3 cm³/mol. The van der Waals surface area contributed by atoms with Crippen molar-refractivity contribution in [2.75, 3.05) is 13.2 Å². The van der Waals surface area contributed by atoms with Crippen LogP contribution in [0, 0.1) is 0 Å². The highest BCUT2D eigenvalue weighted by Gasteiger charge is 2.14. The number of hydrogen-bond acceptors (Lipinski definition) is 4. The number of carboxylic acids is 1. The first-order valence-electron chi connectivity index (χ1n) is 4.49. The van der Waals surface area contributed by atoms with Gasteiger partial charge in [-0.3, -0.25) is 0 Å². The van der Waals surface area contributed by atoms with Crippen molar-refractivity contribution in [2.24, 2.45) is 0 Å². The second kappa shape index (κ2) is 5.39. The van der Waals surface area contributed by atoms with Gasteiger partial charge in [-0.2, -0.15) is 0 Å². The summed E-state index contributed by atoms with van der Waals surface area (Å²) in [4.78, 5) is 14.2. The van der Waals surface area contributed by atoms with Gasteiger partial charge in [0.25, 0.3) is 0 Å². The van der Waals surface area contributed by atoms with Crippen LogP contribution in [0.1, 0.15) is 29.6 Å². The predicted octanol–water partition coefficient (Wildman–Crippen LogP) is 1.34. The summed E-state index contributed by atoms with van der Waals surface area (Å²) < 4.78 is 10.1. The van der Waals surface area contributed by atoms with Crippen molar-refractivity contribution in [3.63, 3.8) is 0 Å². The SMILES string of the molecule is CCCOCCc1ocnc1C(=O)O. The van der Waals surface area contributed by atoms with Crippen LogP contribution in [-0.2, 0) is 11.2 Å². The molecule has 0 fully saturated rings. The standard InChI is InChI=1S/C9H13NO4/c1-2-4-13-5-3-7-8(9(11)12)10-6-14-7/h6H,2-5H2,1H3,(H,11,12). The molecule has 0 saturated heterocycles. The monoisotopic (exact) mass is 199 g/mol. The van der Waals surface area contributed by atoms with E-state index in [1.54, 1.807) is 0 Å². The average molecular weight is 199 g/mol. The van der Waals surface area contributed by atoms with Crippen molar-refractivity contribution in [1.29, 1.82) is 0 Å². The zero-order valence-electron chi connectivity index (χ0n) is 8.02. The molecule has 1 rings (SSSR count). The molecule has 0 aromatic carbocycles. The largest absolute Gasteiger partial charge is 0.476 e. The van der Waals surface area contributed by atoms with Crippen LogP contribution in [0.4, 0.5) is 0 Å². The highest BCUT2D eigenvalue weighted by molar-refractivity contribution is 5.86. The Labute approximate surface area is 81.7 Å². The summed E-state index contributed by atoms with van der Waals surface area (Å²) in [7, 11) is 0. The van der Waals surface area contributed by atoms with Crippen molar-refractivity contribution in [3.8, 4) is 0 Å². The number of nitrogens with zero attached hydrogens (tertiary/aromatic N) is 1. The van der Waals surface area contributed by atoms with Crippen molar-refractivity contribution in [2.45, 2.75) is 19.8 Å². The normalized spacial score (nSPS) is 10.4. The topological polar surface area (TPSA) is 72.6 Å². The fourth-order valence-corrected chi connectivity index (χ4v) is 1.03. The zero-order valence-corrected chi connectivity index (χ0v) is 8.02. The molecule has 1 N–H and O–H groups in total. The Morgan fingerprint density at radius 1 is 1.64 bits per heavy atom. The highest BCUT2D eigenvalue weighted by Crippen LogP contribution is 2.07. The third-order valence-corrected chi connectivity index (χ3v) is 1.67. The number of hydrogen-bond donors (Lipinski definition) is 1. The van der Waals surface area contributed by atoms with Crippen molar-refractivity contribution in [3.05, 3.63) is 17.8 Å². The number of aromatic carboxylic acids is 1. The molecule has 0 amide bonds. The molecular formula is C9H13NO4. The van der Waals surface area contributed by atoms with Gasteiger partial charge in [-0.25, -0.2) is 9.78 Å². The quantitative estimate of drug-likeness (QED) is 0.700. The van der Waals surface area contributed by atoms with E-state index in [1.807, 2.05) is 6.92 Å². The van der Waals surface area contributed by atoms with E-state index in [9.17, 15) is 4.79 Å². The summed E-state index contributed by atoms with van der Waals surface area (Å²) in [6.07, 6.45) is 2.53. The third kappa shape index (κ3) is 2.85. The molecular weight excluding hydrogens is 186 g/mol. The second-order valence-corrected chi connectivity index (χ2v) is 2.79. The molecule has 0 saturated carbocycles.